The van der Waals surface area contributed by atoms with Crippen molar-refractivity contribution < 1.29 is 4.74 Å². The topological polar surface area (TPSA) is 22.2 Å². The molecule has 0 atom stereocenters. The van der Waals surface area contributed by atoms with Crippen molar-refractivity contribution in [3.8, 4) is 44.9 Å². The predicted molar refractivity (Wildman–Crippen MR) is 458 cm³/mol. The van der Waals surface area contributed by atoms with Crippen molar-refractivity contribution in [1.82, 2.24) is 0 Å². The number of para-hydroxylation sites is 8. The number of rotatable bonds is 11. The van der Waals surface area contributed by atoms with Crippen LogP contribution in [0.1, 0.15) is 0 Å². The fourth-order valence-corrected chi connectivity index (χ4v) is 19.5. The molecule has 4 heterocycles. The molecule has 5 nitrogen and oxygen atoms in total. The van der Waals surface area contributed by atoms with Gasteiger partial charge in [-0.1, -0.05) is 284 Å². The van der Waals surface area contributed by atoms with Gasteiger partial charge in [0, 0.05) is 89.5 Å². The molecule has 0 aliphatic carbocycles. The first kappa shape index (κ1) is 61.9. The molecule has 0 fully saturated rings. The summed E-state index contributed by atoms with van der Waals surface area (Å²) in [5.74, 6) is 1.64. The maximum atomic E-state index is 8.60. The Morgan fingerprint density at radius 3 is 1.07 bits per heavy atom. The normalized spacial score (nSPS) is 12.8. The molecule has 0 spiro atoms. The fourth-order valence-electron chi connectivity index (χ4n) is 18.2. The molecule has 108 heavy (non-hydrogen) atoms. The van der Waals surface area contributed by atoms with Crippen molar-refractivity contribution in [2.75, 3.05) is 19.6 Å². The summed E-state index contributed by atoms with van der Waals surface area (Å²) in [6.07, 6.45) is 0. The predicted octanol–water partition coefficient (Wildman–Crippen LogP) is 23.4. The third-order valence-electron chi connectivity index (χ3n) is 22.6. The van der Waals surface area contributed by atoms with Gasteiger partial charge in [-0.05, 0) is 208 Å². The van der Waals surface area contributed by atoms with E-state index in [2.05, 4.69) is 408 Å². The molecule has 0 radical (unpaired) electrons. The molecule has 0 aromatic heterocycles. The van der Waals surface area contributed by atoms with Gasteiger partial charge < -0.3 is 24.3 Å². The van der Waals surface area contributed by atoms with E-state index in [0.29, 0.717) is 0 Å². The first-order valence-electron chi connectivity index (χ1n) is 37.2. The lowest BCUT2D eigenvalue weighted by Crippen LogP contribution is -2.63. The second kappa shape index (κ2) is 25.1. The van der Waals surface area contributed by atoms with Crippen LogP contribution in [0.5, 0.6) is 11.5 Å². The van der Waals surface area contributed by atoms with Crippen molar-refractivity contribution in [3.05, 3.63) is 388 Å². The number of anilines is 12. The maximum absolute atomic E-state index is 8.60. The van der Waals surface area contributed by atoms with Gasteiger partial charge in [-0.3, -0.25) is 0 Å². The smallest absolute Gasteiger partial charge is 0.256 e. The molecule has 502 valence electrons. The van der Waals surface area contributed by atoms with Gasteiger partial charge in [0.05, 0.1) is 5.69 Å². The Hall–Kier alpha value is -13.5. The van der Waals surface area contributed by atoms with Crippen LogP contribution in [0.15, 0.2) is 398 Å². The summed E-state index contributed by atoms with van der Waals surface area (Å²) in [4.78, 5) is 12.2. The van der Waals surface area contributed by atoms with E-state index in [0.717, 1.165) is 118 Å². The molecule has 0 saturated carbocycles. The molecule has 0 N–H and O–H groups in total. The zero-order valence-electron chi connectivity index (χ0n) is 58.7. The van der Waals surface area contributed by atoms with Crippen LogP contribution in [0.3, 0.4) is 0 Å². The highest BCUT2D eigenvalue weighted by atomic mass is 32.2. The quantitative estimate of drug-likeness (QED) is 0.0944. The van der Waals surface area contributed by atoms with Gasteiger partial charge in [0.25, 0.3) is 6.71 Å². The van der Waals surface area contributed by atoms with Gasteiger partial charge in [0.1, 0.15) is 11.5 Å². The summed E-state index contributed by atoms with van der Waals surface area (Å²) >= 11 is 1.90. The lowest BCUT2D eigenvalue weighted by atomic mass is 9.31. The Morgan fingerprint density at radius 2 is 0.630 bits per heavy atom. The van der Waals surface area contributed by atoms with E-state index in [1.165, 1.54) is 81.0 Å². The first-order valence-corrected chi connectivity index (χ1v) is 38.0. The summed E-state index contributed by atoms with van der Waals surface area (Å²) in [6.45, 7) is -0.580. The molecule has 0 bridgehead atoms. The van der Waals surface area contributed by atoms with Crippen molar-refractivity contribution in [1.29, 1.82) is 0 Å². The molecule has 0 amide bonds. The number of ether oxygens (including phenoxy) is 1. The SMILES string of the molecule is c1ccc(N(c2ccccc2)c2cc3c4c(c2)N(c2ccccc2)c2ccccc2B4c2cc4c(c(-c5c(-c6c7ccccc7cc7ccccc67)cccc5-c5c6ccccc6cc6ccccc56)c2O3)Sc2cc(N(c3ccccc3)c3ccccc3)cc3c2B4c2ccccc2N3c2ccccc2)cc1. The van der Waals surface area contributed by atoms with E-state index in [9.17, 15) is 0 Å². The molecule has 4 aliphatic rings. The van der Waals surface area contributed by atoms with E-state index in [1.54, 1.807) is 0 Å². The van der Waals surface area contributed by atoms with E-state index in [-0.39, 0.29) is 13.4 Å². The lowest BCUT2D eigenvalue weighted by molar-refractivity contribution is 0.488. The third-order valence-corrected chi connectivity index (χ3v) is 23.8. The average Bonchev–Trinajstić information content (AvgIpc) is 0.683. The highest BCUT2D eigenvalue weighted by Crippen LogP contribution is 2.57. The van der Waals surface area contributed by atoms with Crippen LogP contribution in [0.2, 0.25) is 0 Å². The molecule has 18 aromatic rings. The van der Waals surface area contributed by atoms with E-state index < -0.39 is 0 Å². The number of nitrogens with zero attached hydrogens (tertiary/aromatic N) is 4. The van der Waals surface area contributed by atoms with Gasteiger partial charge in [-0.15, -0.1) is 0 Å². The standard InChI is InChI=1S/C100H64B2N4OS/c1-7-36-69(37-8-1)103(70-38-9-2-10-39-70)75-60-89-97-91(62-75)107-99-85(101(97)83-54-27-29-56-87(83)105(89)73-44-15-5-16-45-73)64-86-100(108-92-63-76(104(71-40-11-3-12-41-71)72-42-13-4-14-43-72)61-90-98(92)102(86)84-55-28-30-57-88(84)106(90)74-46-17-6-18-47-74)96(99)95-81(93-77-48-23-19-32-65(77)58-66-33-20-24-49-78(66)93)52-31-53-82(95)94-79-50-25-21-34-67(79)59-68-35-22-26-51-80(68)94/h1-64H. The van der Waals surface area contributed by atoms with E-state index >= 15 is 0 Å². The maximum Gasteiger partial charge on any atom is 0.256 e. The monoisotopic (exact) mass is 1390 g/mol. The van der Waals surface area contributed by atoms with Crippen LogP contribution in [0.25, 0.3) is 76.5 Å². The lowest BCUT2D eigenvalue weighted by Gasteiger charge is -2.44. The number of hydrogen-bond donors (Lipinski definition) is 0. The zero-order valence-corrected chi connectivity index (χ0v) is 59.5. The van der Waals surface area contributed by atoms with Crippen molar-refractivity contribution in [3.63, 3.8) is 0 Å². The van der Waals surface area contributed by atoms with Crippen LogP contribution < -0.4 is 57.1 Å². The number of fused-ring (bicyclic) bond motifs is 12. The Kier molecular flexibility index (Phi) is 14.4. The van der Waals surface area contributed by atoms with Crippen LogP contribution in [-0.2, 0) is 0 Å². The fraction of sp³-hybridized carbons (Fsp3) is 0. The van der Waals surface area contributed by atoms with Crippen LogP contribution in [0.4, 0.5) is 68.2 Å². The summed E-state index contributed by atoms with van der Waals surface area (Å²) < 4.78 is 8.60. The molecular formula is C100H64B2N4OS. The Labute approximate surface area is 632 Å². The van der Waals surface area contributed by atoms with E-state index in [1.807, 2.05) is 11.8 Å². The molecule has 0 unspecified atom stereocenters. The average molecular weight is 1390 g/mol. The highest BCUT2D eigenvalue weighted by Gasteiger charge is 2.49. The molecule has 0 saturated heterocycles. The first-order chi connectivity index (χ1) is 53.6. The summed E-state index contributed by atoms with van der Waals surface area (Å²) in [5, 5.41) is 9.42. The molecule has 22 rings (SSSR count). The second-order valence-electron chi connectivity index (χ2n) is 28.5. The minimum absolute atomic E-state index is 0.261. The van der Waals surface area contributed by atoms with Crippen molar-refractivity contribution in [2.45, 2.75) is 9.79 Å². The van der Waals surface area contributed by atoms with Gasteiger partial charge in [0.2, 0.25) is 6.71 Å². The summed E-state index contributed by atoms with van der Waals surface area (Å²) in [6, 6.07) is 144. The summed E-state index contributed by atoms with van der Waals surface area (Å²) in [7, 11) is 0. The Bertz CT molecular complexity index is 6080. The van der Waals surface area contributed by atoms with E-state index in [4.69, 9.17) is 4.74 Å². The van der Waals surface area contributed by atoms with Crippen molar-refractivity contribution in [2.24, 2.45) is 0 Å². The van der Waals surface area contributed by atoms with Gasteiger partial charge >= 0.3 is 0 Å². The number of benzene rings is 18. The minimum Gasteiger partial charge on any atom is -0.458 e. The van der Waals surface area contributed by atoms with Gasteiger partial charge in [-0.2, -0.15) is 0 Å². The van der Waals surface area contributed by atoms with Crippen molar-refractivity contribution >= 4 is 169 Å². The zero-order chi connectivity index (χ0) is 70.9. The third kappa shape index (κ3) is 9.70. The van der Waals surface area contributed by atoms with Crippen LogP contribution in [0, 0.1) is 0 Å². The van der Waals surface area contributed by atoms with Crippen LogP contribution in [-0.4, -0.2) is 13.4 Å². The minimum atomic E-state index is -0.319. The molecule has 18 aromatic carbocycles. The van der Waals surface area contributed by atoms with Crippen LogP contribution >= 0.6 is 11.8 Å². The summed E-state index contributed by atoms with van der Waals surface area (Å²) in [5.41, 5.74) is 26.7. The Morgan fingerprint density at radius 1 is 0.259 bits per heavy atom. The molecule has 4 aliphatic heterocycles. The second-order valence-corrected chi connectivity index (χ2v) is 29.6. The molecular weight excluding hydrogens is 1330 g/mol. The molecule has 8 heteroatoms. The highest BCUT2D eigenvalue weighted by molar-refractivity contribution is 8.00. The largest absolute Gasteiger partial charge is 0.458 e. The Balaban J connectivity index is 0.931. The number of hydrogen-bond acceptors (Lipinski definition) is 6. The van der Waals surface area contributed by atoms with Gasteiger partial charge in [0.15, 0.2) is 0 Å². The van der Waals surface area contributed by atoms with Gasteiger partial charge in [-0.25, -0.2) is 0 Å².